The van der Waals surface area contributed by atoms with E-state index in [1.54, 1.807) is 6.08 Å². The molecule has 0 aromatic heterocycles. The van der Waals surface area contributed by atoms with Gasteiger partial charge in [-0.1, -0.05) is 327 Å². The van der Waals surface area contributed by atoms with E-state index < -0.39 is 26.6 Å². The molecular weight excluding hydrogens is 1100 g/mol. The number of aliphatic hydroxyl groups is 1. The molecule has 0 aromatic carbocycles. The van der Waals surface area contributed by atoms with E-state index in [4.69, 9.17) is 9.05 Å². The van der Waals surface area contributed by atoms with Gasteiger partial charge in [-0.05, 0) is 109 Å². The second-order valence-corrected chi connectivity index (χ2v) is 26.6. The molecule has 9 heteroatoms. The lowest BCUT2D eigenvalue weighted by Crippen LogP contribution is -2.45. The summed E-state index contributed by atoms with van der Waals surface area (Å²) >= 11 is 0. The first-order valence-electron chi connectivity index (χ1n) is 36.2. The van der Waals surface area contributed by atoms with Crippen molar-refractivity contribution in [1.82, 2.24) is 5.32 Å². The van der Waals surface area contributed by atoms with Gasteiger partial charge in [0.05, 0.1) is 39.9 Å². The van der Waals surface area contributed by atoms with Crippen LogP contribution in [0.25, 0.3) is 0 Å². The molecule has 0 radical (unpaired) electrons. The monoisotopic (exact) mass is 1240 g/mol. The molecule has 0 rings (SSSR count). The first-order chi connectivity index (χ1) is 43.0. The first kappa shape index (κ1) is 84.4. The van der Waals surface area contributed by atoms with Gasteiger partial charge in [-0.2, -0.15) is 0 Å². The molecule has 0 saturated carbocycles. The van der Waals surface area contributed by atoms with E-state index in [1.807, 2.05) is 27.2 Å². The average Bonchev–Trinajstić information content (AvgIpc) is 3.70. The highest BCUT2D eigenvalue weighted by molar-refractivity contribution is 7.45. The van der Waals surface area contributed by atoms with Crippen LogP contribution in [0.3, 0.4) is 0 Å². The molecule has 0 spiro atoms. The van der Waals surface area contributed by atoms with Crippen LogP contribution in [0.1, 0.15) is 296 Å². The molecule has 1 amide bonds. The summed E-state index contributed by atoms with van der Waals surface area (Å²) in [4.78, 5) is 25.6. The fourth-order valence-electron chi connectivity index (χ4n) is 9.96. The number of phosphoric ester groups is 1. The van der Waals surface area contributed by atoms with E-state index in [0.29, 0.717) is 17.4 Å². The Bertz CT molecular complexity index is 1950. The Morgan fingerprint density at radius 2 is 0.705 bits per heavy atom. The highest BCUT2D eigenvalue weighted by Crippen LogP contribution is 2.38. The van der Waals surface area contributed by atoms with Crippen LogP contribution in [-0.4, -0.2) is 68.5 Å². The van der Waals surface area contributed by atoms with E-state index in [2.05, 4.69) is 153 Å². The van der Waals surface area contributed by atoms with Crippen molar-refractivity contribution in [2.75, 3.05) is 40.9 Å². The third-order valence-electron chi connectivity index (χ3n) is 15.5. The van der Waals surface area contributed by atoms with E-state index in [-0.39, 0.29) is 12.5 Å². The predicted octanol–water partition coefficient (Wildman–Crippen LogP) is 22.9. The van der Waals surface area contributed by atoms with E-state index in [1.165, 1.54) is 148 Å². The molecule has 8 nitrogen and oxygen atoms in total. The van der Waals surface area contributed by atoms with Gasteiger partial charge in [-0.25, -0.2) is 0 Å². The SMILES string of the molecule is CC/C=C\C/C=C\C/C=C\C/C=C\C/C=C\C/C=C\C/C=C\C/C=C\C/C=C\C/C=C\CCCCCCCCC(=O)NC(COP(=O)([O-])OCC[N+](C)(C)C)C(O)/C=C/CC/C=C/CCCCCCCCCCCCCCCCCCCCCCCCC. The Kier molecular flexibility index (Phi) is 65.0. The summed E-state index contributed by atoms with van der Waals surface area (Å²) in [6.07, 6.45) is 104. The smallest absolute Gasteiger partial charge is 0.268 e. The van der Waals surface area contributed by atoms with Gasteiger partial charge >= 0.3 is 0 Å². The number of unbranched alkanes of at least 4 members (excludes halogenated alkanes) is 30. The molecule has 0 heterocycles. The van der Waals surface area contributed by atoms with Crippen LogP contribution in [0.5, 0.6) is 0 Å². The summed E-state index contributed by atoms with van der Waals surface area (Å²) in [7, 11) is 1.22. The number of quaternary nitrogens is 1. The average molecular weight is 1240 g/mol. The van der Waals surface area contributed by atoms with Gasteiger partial charge in [0.2, 0.25) is 5.91 Å². The fraction of sp³-hybridized carbons (Fsp3) is 0.684. The van der Waals surface area contributed by atoms with Crippen LogP contribution in [0.2, 0.25) is 0 Å². The molecule has 0 fully saturated rings. The maximum Gasteiger partial charge on any atom is 0.268 e. The second-order valence-electron chi connectivity index (χ2n) is 25.2. The minimum Gasteiger partial charge on any atom is -0.756 e. The standard InChI is InChI=1S/C79H137N2O6P/c1-6-8-10-12-14-16-18-20-22-24-26-28-30-32-34-36-37-38-39-40-41-42-43-45-47-49-51-53-55-57-59-61-63-65-67-69-71-73-79(83)80-77(76-87-88(84,85)86-75-74-81(3,4)5)78(82)72-70-68-66-64-62-60-58-56-54-52-50-48-46-44-35-33-31-29-27-25-23-21-19-17-15-13-11-9-7-2/h8,10,14,16,20,22,26,28,32,34,37-38,40-41,43,45,49,51,55,57,62,64,70,72,77-78,82H,6-7,9,11-13,15,17-19,21,23-25,27,29-31,33,35-36,39,42,44,46-48,50,52-54,56,58-61,63,65-69,71,73-76H2,1-5H3,(H-,80,83,84,85)/b10-8-,16-14-,22-20-,28-26-,34-32-,38-37-,41-40-,45-43-,51-49-,57-55-,64-62+,72-70+. The van der Waals surface area contributed by atoms with Gasteiger partial charge < -0.3 is 28.8 Å². The molecule has 0 bridgehead atoms. The predicted molar refractivity (Wildman–Crippen MR) is 385 cm³/mol. The third-order valence-corrected chi connectivity index (χ3v) is 16.5. The van der Waals surface area contributed by atoms with Crippen molar-refractivity contribution < 1.29 is 32.9 Å². The number of hydrogen-bond donors (Lipinski definition) is 2. The number of allylic oxidation sites excluding steroid dienone is 23. The maximum absolute atomic E-state index is 13.0. The van der Waals surface area contributed by atoms with Gasteiger partial charge in [0.1, 0.15) is 13.2 Å². The Hall–Kier alpha value is -3.62. The summed E-state index contributed by atoms with van der Waals surface area (Å²) in [6, 6.07) is -0.925. The van der Waals surface area contributed by atoms with Crippen LogP contribution in [-0.2, 0) is 18.4 Å². The zero-order chi connectivity index (χ0) is 64.1. The normalized spacial score (nSPS) is 14.5. The van der Waals surface area contributed by atoms with Crippen LogP contribution in [0.15, 0.2) is 146 Å². The number of carbonyl (C=O) groups is 1. The quantitative estimate of drug-likeness (QED) is 0.0272. The molecule has 3 unspecified atom stereocenters. The number of nitrogens with zero attached hydrogens (tertiary/aromatic N) is 1. The van der Waals surface area contributed by atoms with E-state index in [0.717, 1.165) is 128 Å². The lowest BCUT2D eigenvalue weighted by Gasteiger charge is -2.29. The molecular formula is C79H137N2O6P. The summed E-state index contributed by atoms with van der Waals surface area (Å²) < 4.78 is 23.4. The lowest BCUT2D eigenvalue weighted by molar-refractivity contribution is -0.870. The minimum atomic E-state index is -4.63. The summed E-state index contributed by atoms with van der Waals surface area (Å²) in [5.74, 6) is -0.225. The van der Waals surface area contributed by atoms with Gasteiger partial charge in [-0.3, -0.25) is 9.36 Å². The number of likely N-dealkylation sites (N-methyl/N-ethyl adjacent to an activating group) is 1. The molecule has 0 aliphatic heterocycles. The van der Waals surface area contributed by atoms with Gasteiger partial charge in [0, 0.05) is 6.42 Å². The van der Waals surface area contributed by atoms with Crippen molar-refractivity contribution in [3.63, 3.8) is 0 Å². The van der Waals surface area contributed by atoms with Gasteiger partial charge in [0.25, 0.3) is 7.82 Å². The van der Waals surface area contributed by atoms with E-state index in [9.17, 15) is 19.4 Å². The van der Waals surface area contributed by atoms with Crippen molar-refractivity contribution >= 4 is 13.7 Å². The maximum atomic E-state index is 13.0. The summed E-state index contributed by atoms with van der Waals surface area (Å²) in [5.41, 5.74) is 0. The molecule has 0 saturated heterocycles. The highest BCUT2D eigenvalue weighted by Gasteiger charge is 2.23. The number of phosphoric acid groups is 1. The topological polar surface area (TPSA) is 108 Å². The highest BCUT2D eigenvalue weighted by atomic mass is 31.2. The molecule has 3 atom stereocenters. The molecule has 0 aromatic rings. The lowest BCUT2D eigenvalue weighted by atomic mass is 10.0. The zero-order valence-electron chi connectivity index (χ0n) is 57.6. The minimum absolute atomic E-state index is 0.0168. The Morgan fingerprint density at radius 3 is 1.06 bits per heavy atom. The van der Waals surface area contributed by atoms with Gasteiger partial charge in [-0.15, -0.1) is 0 Å². The zero-order valence-corrected chi connectivity index (χ0v) is 58.5. The number of amides is 1. The van der Waals surface area contributed by atoms with Crippen molar-refractivity contribution in [2.24, 2.45) is 0 Å². The van der Waals surface area contributed by atoms with Crippen molar-refractivity contribution in [3.8, 4) is 0 Å². The van der Waals surface area contributed by atoms with E-state index >= 15 is 0 Å². The molecule has 0 aliphatic rings. The summed E-state index contributed by atoms with van der Waals surface area (Å²) in [6.45, 7) is 4.52. The Labute approximate surface area is 544 Å². The molecule has 2 N–H and O–H groups in total. The van der Waals surface area contributed by atoms with Crippen molar-refractivity contribution in [3.05, 3.63) is 146 Å². The first-order valence-corrected chi connectivity index (χ1v) is 37.7. The number of nitrogens with one attached hydrogen (secondary N) is 1. The molecule has 504 valence electrons. The van der Waals surface area contributed by atoms with Gasteiger partial charge in [0.15, 0.2) is 0 Å². The van der Waals surface area contributed by atoms with Crippen LogP contribution in [0.4, 0.5) is 0 Å². The van der Waals surface area contributed by atoms with Crippen molar-refractivity contribution in [2.45, 2.75) is 309 Å². The number of rotatable bonds is 65. The number of hydrogen-bond acceptors (Lipinski definition) is 6. The fourth-order valence-corrected chi connectivity index (χ4v) is 10.7. The van der Waals surface area contributed by atoms with Crippen LogP contribution < -0.4 is 10.2 Å². The Morgan fingerprint density at radius 1 is 0.409 bits per heavy atom. The van der Waals surface area contributed by atoms with Crippen LogP contribution in [0, 0.1) is 0 Å². The van der Waals surface area contributed by atoms with Crippen molar-refractivity contribution in [1.29, 1.82) is 0 Å². The van der Waals surface area contributed by atoms with Crippen LogP contribution >= 0.6 is 7.82 Å². The molecule has 0 aliphatic carbocycles. The number of carbonyl (C=O) groups excluding carboxylic acids is 1. The largest absolute Gasteiger partial charge is 0.756 e. The second kappa shape index (κ2) is 67.8. The third kappa shape index (κ3) is 69.8. The summed E-state index contributed by atoms with van der Waals surface area (Å²) in [5, 5.41) is 13.9. The Balaban J connectivity index is 4.20. The molecule has 88 heavy (non-hydrogen) atoms. The number of aliphatic hydroxyl groups excluding tert-OH is 1.